The molecule has 8 atom stereocenters. The number of rotatable bonds is 24. The molecule has 2 saturated heterocycles. The minimum atomic E-state index is -1.37. The van der Waals surface area contributed by atoms with Gasteiger partial charge >= 0.3 is 0 Å². The smallest absolute Gasteiger partial charge is 0.262 e. The second-order valence-electron chi connectivity index (χ2n) is 37.8. The highest BCUT2D eigenvalue weighted by molar-refractivity contribution is 6.45. The van der Waals surface area contributed by atoms with Crippen molar-refractivity contribution in [1.29, 1.82) is 0 Å². The Bertz CT molecular complexity index is 5090. The van der Waals surface area contributed by atoms with Crippen LogP contribution in [0.25, 0.3) is 43.1 Å². The van der Waals surface area contributed by atoms with Crippen molar-refractivity contribution in [3.05, 3.63) is 238 Å². The molecule has 8 unspecified atom stereocenters. The maximum absolute atomic E-state index is 17.0. The summed E-state index contributed by atoms with van der Waals surface area (Å²) in [6.07, 6.45) is 8.95. The SMILES string of the molecule is CC(C)(C)c1ccc(Oc2cc3c4c(cc(Oc5ccc(C(C)(C)C)cc5)c5c6c(Oc7ccc(C(C)(C)C)cc7)cc7c8c(cc(Oc9ccc(C(C)(C)C)cc9)c(c2c45)c86)C(=O)N(C(Cc2ccccc2)C(=O)NC2CCCC(NCC4CO4)C2)C7=O)C(=O)N(C(Cc2ccccc2)C(=O)NC2CCCC(CCC4CO4)C2)C3=O)cc1. The topological polar surface area (TPSA) is 207 Å². The Hall–Kier alpha value is -11.0. The third kappa shape index (κ3) is 16.2. The third-order valence-electron chi connectivity index (χ3n) is 25.0. The van der Waals surface area contributed by atoms with Gasteiger partial charge in [-0.25, -0.2) is 0 Å². The Kier molecular flexibility index (Phi) is 21.1. The highest BCUT2D eigenvalue weighted by atomic mass is 16.6. The van der Waals surface area contributed by atoms with Crippen LogP contribution in [0.2, 0.25) is 0 Å². The number of imide groups is 2. The number of epoxide rings is 2. The first-order valence-electron chi connectivity index (χ1n) is 42.4. The molecule has 118 heavy (non-hydrogen) atoms. The Morgan fingerprint density at radius 3 is 1.02 bits per heavy atom. The van der Waals surface area contributed by atoms with E-state index in [4.69, 9.17) is 28.4 Å². The van der Waals surface area contributed by atoms with Gasteiger partial charge in [0, 0.05) is 80.6 Å². The number of amides is 6. The summed E-state index contributed by atoms with van der Waals surface area (Å²) >= 11 is 0. The van der Waals surface area contributed by atoms with Crippen LogP contribution in [0.5, 0.6) is 46.0 Å². The van der Waals surface area contributed by atoms with Gasteiger partial charge in [0.25, 0.3) is 23.6 Å². The fourth-order valence-corrected chi connectivity index (χ4v) is 18.2. The van der Waals surface area contributed by atoms with Gasteiger partial charge in [-0.2, -0.15) is 0 Å². The zero-order chi connectivity index (χ0) is 82.4. The van der Waals surface area contributed by atoms with Gasteiger partial charge in [-0.1, -0.05) is 205 Å². The minimum Gasteiger partial charge on any atom is -0.457 e. The molecule has 11 aromatic rings. The Balaban J connectivity index is 0.954. The van der Waals surface area contributed by atoms with Gasteiger partial charge < -0.3 is 44.4 Å². The number of benzene rings is 11. The van der Waals surface area contributed by atoms with Crippen LogP contribution in [-0.4, -0.2) is 107 Å². The number of hydrogen-bond acceptors (Lipinski definition) is 13. The van der Waals surface area contributed by atoms with Gasteiger partial charge in [0.2, 0.25) is 11.8 Å². The van der Waals surface area contributed by atoms with Crippen molar-refractivity contribution >= 4 is 78.5 Å². The van der Waals surface area contributed by atoms with E-state index in [2.05, 4.69) is 99.0 Å². The van der Waals surface area contributed by atoms with E-state index in [1.807, 2.05) is 158 Å². The maximum atomic E-state index is 17.0. The van der Waals surface area contributed by atoms with Crippen LogP contribution in [0.1, 0.15) is 222 Å². The number of fused-ring (bicyclic) bond motifs is 2. The zero-order valence-corrected chi connectivity index (χ0v) is 69.8. The molecular weight excluding hydrogens is 1480 g/mol. The van der Waals surface area contributed by atoms with Crippen molar-refractivity contribution in [2.24, 2.45) is 5.92 Å². The van der Waals surface area contributed by atoms with E-state index in [1.54, 1.807) is 24.3 Å². The van der Waals surface area contributed by atoms with Crippen LogP contribution >= 0.6 is 0 Å². The van der Waals surface area contributed by atoms with E-state index >= 15 is 28.8 Å². The molecule has 4 heterocycles. The van der Waals surface area contributed by atoms with Crippen molar-refractivity contribution in [2.45, 2.75) is 224 Å². The highest BCUT2D eigenvalue weighted by Crippen LogP contribution is 2.59. The van der Waals surface area contributed by atoms with Crippen molar-refractivity contribution < 1.29 is 57.2 Å². The van der Waals surface area contributed by atoms with Gasteiger partial charge in [0.1, 0.15) is 58.1 Å². The minimum absolute atomic E-state index is 0.00214. The van der Waals surface area contributed by atoms with Crippen LogP contribution in [0.3, 0.4) is 0 Å². The maximum Gasteiger partial charge on any atom is 0.262 e. The standard InChI is InChI=1S/C101H107N5O12/c1-98(2,3)61-30-39-68(40-31-61)115-80-51-74-84-75(95(110)105(94(74)109)78(48-58-21-15-13-16-22-58)92(107)103-66-27-19-25-60(47-66)29-38-72-56-113-72)52-81(116-69-41-32-62(33-42-69)99(4,5)6)87-89-83(118-71-45-36-64(37-46-71)101(10,11)12)54-77-85-76(53-82(88(91(85)89)86(80)90(84)87)117-70-43-34-63(35-44-70)100(7,8)9)96(111)106(97(77)112)79(49-59-23-17-14-18-24-59)93(108)104-67-28-20-26-65(50-67)102-55-73-57-114-73/h13-18,21-24,30-37,39-46,51-54,60,65-67,72-73,78-79,102H,19-20,25-29,38,47-50,55-57H2,1-12H3,(H,103,107)(H,104,108). The van der Waals surface area contributed by atoms with Crippen LogP contribution in [0.15, 0.2) is 182 Å². The summed E-state index contributed by atoms with van der Waals surface area (Å²) in [5.74, 6) is -1.39. The molecule has 0 bridgehead atoms. The largest absolute Gasteiger partial charge is 0.457 e. The predicted molar refractivity (Wildman–Crippen MR) is 462 cm³/mol. The Morgan fingerprint density at radius 2 is 0.695 bits per heavy atom. The fraction of sp³-hybridized carbons (Fsp3) is 0.386. The Morgan fingerprint density at radius 1 is 0.381 bits per heavy atom. The lowest BCUT2D eigenvalue weighted by Crippen LogP contribution is -2.57. The second kappa shape index (κ2) is 31.4. The van der Waals surface area contributed by atoms with Gasteiger partial charge in [-0.3, -0.25) is 38.6 Å². The molecule has 6 amide bonds. The second-order valence-corrected chi connectivity index (χ2v) is 37.8. The summed E-state index contributed by atoms with van der Waals surface area (Å²) in [6, 6.07) is 53.8. The molecule has 17 rings (SSSR count). The van der Waals surface area contributed by atoms with Crippen molar-refractivity contribution in [3.63, 3.8) is 0 Å². The number of carbonyl (C=O) groups excluding carboxylic acids is 6. The van der Waals surface area contributed by atoms with Crippen LogP contribution in [0.4, 0.5) is 0 Å². The zero-order valence-electron chi connectivity index (χ0n) is 69.8. The number of nitrogens with zero attached hydrogens (tertiary/aromatic N) is 2. The van der Waals surface area contributed by atoms with E-state index in [0.29, 0.717) is 87.2 Å². The molecule has 608 valence electrons. The van der Waals surface area contributed by atoms with Gasteiger partial charge in [-0.05, 0) is 185 Å². The molecule has 0 aromatic heterocycles. The molecule has 3 N–H and O–H groups in total. The molecule has 0 spiro atoms. The fourth-order valence-electron chi connectivity index (χ4n) is 18.2. The van der Waals surface area contributed by atoms with Gasteiger partial charge in [-0.15, -0.1) is 0 Å². The summed E-state index contributed by atoms with van der Waals surface area (Å²) in [6.45, 7) is 27.8. The van der Waals surface area contributed by atoms with E-state index in [1.165, 1.54) is 0 Å². The monoisotopic (exact) mass is 1580 g/mol. The number of ether oxygens (including phenoxy) is 6. The van der Waals surface area contributed by atoms with E-state index in [0.717, 1.165) is 101 Å². The molecule has 2 saturated carbocycles. The van der Waals surface area contributed by atoms with Gasteiger partial charge in [0.05, 0.1) is 47.7 Å². The summed E-state index contributed by atoms with van der Waals surface area (Å²) in [5, 5.41) is 12.9. The average Bonchev–Trinajstić information content (AvgIpc) is 0.845. The predicted octanol–water partition coefficient (Wildman–Crippen LogP) is 20.8. The van der Waals surface area contributed by atoms with Crippen LogP contribution in [0, 0.1) is 5.92 Å². The normalized spacial score (nSPS) is 20.0. The first kappa shape index (κ1) is 79.5. The first-order chi connectivity index (χ1) is 56.4. The summed E-state index contributed by atoms with van der Waals surface area (Å²) in [4.78, 5) is 102. The molecule has 6 aliphatic rings. The van der Waals surface area contributed by atoms with E-state index in [-0.39, 0.29) is 121 Å². The van der Waals surface area contributed by atoms with E-state index in [9.17, 15) is 0 Å². The molecule has 11 aromatic carbocycles. The highest BCUT2D eigenvalue weighted by Gasteiger charge is 2.48. The van der Waals surface area contributed by atoms with Crippen LogP contribution < -0.4 is 34.9 Å². The van der Waals surface area contributed by atoms with Gasteiger partial charge in [0.15, 0.2) is 0 Å². The molecular formula is C101H107N5O12. The quantitative estimate of drug-likeness (QED) is 0.0223. The first-order valence-corrected chi connectivity index (χ1v) is 42.4. The molecule has 17 heteroatoms. The molecule has 4 fully saturated rings. The number of carbonyl (C=O) groups is 6. The lowest BCUT2D eigenvalue weighted by Gasteiger charge is -2.37. The van der Waals surface area contributed by atoms with E-state index < -0.39 is 47.5 Å². The lowest BCUT2D eigenvalue weighted by atomic mass is 9.80. The van der Waals surface area contributed by atoms with Crippen molar-refractivity contribution in [3.8, 4) is 46.0 Å². The van der Waals surface area contributed by atoms with Crippen molar-refractivity contribution in [2.75, 3.05) is 19.8 Å². The van der Waals surface area contributed by atoms with Crippen molar-refractivity contribution in [1.82, 2.24) is 25.8 Å². The summed E-state index contributed by atoms with van der Waals surface area (Å²) in [7, 11) is 0. The number of nitrogens with one attached hydrogen (secondary N) is 3. The molecule has 2 aliphatic carbocycles. The third-order valence-corrected chi connectivity index (χ3v) is 25.0. The molecule has 4 aliphatic heterocycles. The van der Waals surface area contributed by atoms with Crippen LogP contribution in [-0.2, 0) is 53.6 Å². The summed E-state index contributed by atoms with van der Waals surface area (Å²) in [5.41, 5.74) is 4.81. The average molecular weight is 1580 g/mol. The lowest BCUT2D eigenvalue weighted by molar-refractivity contribution is -0.126. The molecule has 0 radical (unpaired) electrons. The Labute approximate surface area is 691 Å². The molecule has 17 nitrogen and oxygen atoms in total. The summed E-state index contributed by atoms with van der Waals surface area (Å²) < 4.78 is 41.2. The number of hydrogen-bond donors (Lipinski definition) is 3.